The molecule has 0 bridgehead atoms. The van der Waals surface area contributed by atoms with E-state index in [2.05, 4.69) is 0 Å². The van der Waals surface area contributed by atoms with Crippen molar-refractivity contribution >= 4 is 11.8 Å². The third-order valence-electron chi connectivity index (χ3n) is 2.13. The predicted octanol–water partition coefficient (Wildman–Crippen LogP) is 1.47. The summed E-state index contributed by atoms with van der Waals surface area (Å²) in [6.45, 7) is 5.38. The molecule has 0 amide bonds. The summed E-state index contributed by atoms with van der Waals surface area (Å²) in [6.07, 6.45) is 3.29. The maximum absolute atomic E-state index is 10.9. The summed E-state index contributed by atoms with van der Waals surface area (Å²) < 4.78 is 5.02. The van der Waals surface area contributed by atoms with Gasteiger partial charge in [0.25, 0.3) is 0 Å². The van der Waals surface area contributed by atoms with Crippen LogP contribution < -0.4 is 0 Å². The van der Waals surface area contributed by atoms with Gasteiger partial charge < -0.3 is 9.53 Å². The van der Waals surface area contributed by atoms with Gasteiger partial charge in [0.05, 0.1) is 0 Å². The van der Waals surface area contributed by atoms with Crippen molar-refractivity contribution in [3.8, 4) is 0 Å². The lowest BCUT2D eigenvalue weighted by atomic mass is 9.82. The van der Waals surface area contributed by atoms with Crippen LogP contribution in [0, 0.1) is 5.41 Å². The van der Waals surface area contributed by atoms with Crippen molar-refractivity contribution in [3.63, 3.8) is 0 Å². The fraction of sp³-hybridized carbons (Fsp3) is 0.600. The van der Waals surface area contributed by atoms with E-state index in [0.29, 0.717) is 6.42 Å². The van der Waals surface area contributed by atoms with E-state index in [4.69, 9.17) is 4.74 Å². The second kappa shape index (κ2) is 3.32. The number of Topliss-reactive ketones (excluding diaryl/α,β-unsaturated/α-hetero) is 1. The fourth-order valence-corrected chi connectivity index (χ4v) is 1.53. The molecule has 0 N–H and O–H groups in total. The van der Waals surface area contributed by atoms with Gasteiger partial charge >= 0.3 is 5.97 Å². The van der Waals surface area contributed by atoms with Crippen LogP contribution in [0.1, 0.15) is 27.2 Å². The second-order valence-corrected chi connectivity index (χ2v) is 4.08. The van der Waals surface area contributed by atoms with Gasteiger partial charge in [-0.25, -0.2) is 4.79 Å². The van der Waals surface area contributed by atoms with Gasteiger partial charge in [-0.3, -0.25) is 0 Å². The number of hydrogen-bond donors (Lipinski definition) is 0. The Kier molecular flexibility index (Phi) is 2.55. The van der Waals surface area contributed by atoms with Crippen molar-refractivity contribution in [2.45, 2.75) is 33.3 Å². The molecule has 0 saturated heterocycles. The number of ether oxygens (including phenoxy) is 1. The first kappa shape index (κ1) is 9.96. The average molecular weight is 182 g/mol. The first-order chi connectivity index (χ1) is 5.92. The van der Waals surface area contributed by atoms with Gasteiger partial charge in [-0.2, -0.15) is 0 Å². The van der Waals surface area contributed by atoms with Crippen LogP contribution >= 0.6 is 0 Å². The van der Waals surface area contributed by atoms with Crippen LogP contribution in [0.15, 0.2) is 12.2 Å². The van der Waals surface area contributed by atoms with Gasteiger partial charge in [0.1, 0.15) is 11.9 Å². The number of esters is 1. The Morgan fingerprint density at radius 3 is 2.62 bits per heavy atom. The highest BCUT2D eigenvalue weighted by Crippen LogP contribution is 2.31. The van der Waals surface area contributed by atoms with Crippen LogP contribution in [-0.4, -0.2) is 17.9 Å². The molecule has 1 rings (SSSR count). The molecule has 72 valence electrons. The number of hydrogen-bond acceptors (Lipinski definition) is 3. The number of carbonyl (C=O) groups is 2. The van der Waals surface area contributed by atoms with Crippen molar-refractivity contribution < 1.29 is 14.3 Å². The third-order valence-corrected chi connectivity index (χ3v) is 2.13. The van der Waals surface area contributed by atoms with E-state index in [0.717, 1.165) is 0 Å². The lowest BCUT2D eigenvalue weighted by Crippen LogP contribution is -2.30. The summed E-state index contributed by atoms with van der Waals surface area (Å²) in [5, 5.41) is 0. The zero-order chi connectivity index (χ0) is 10.1. The van der Waals surface area contributed by atoms with E-state index in [-0.39, 0.29) is 23.3 Å². The molecule has 0 fully saturated rings. The molecule has 1 atom stereocenters. The summed E-state index contributed by atoms with van der Waals surface area (Å²) in [7, 11) is 0. The molecule has 1 unspecified atom stereocenters. The van der Waals surface area contributed by atoms with Crippen molar-refractivity contribution in [1.82, 2.24) is 0 Å². The summed E-state index contributed by atoms with van der Waals surface area (Å²) in [6, 6.07) is 0. The molecule has 13 heavy (non-hydrogen) atoms. The number of rotatable bonds is 3. The SMILES string of the molecule is CC(=O)CC(C)(C)C1C=CC(=O)O1. The summed E-state index contributed by atoms with van der Waals surface area (Å²) in [5.74, 6) is -0.206. The number of carbonyl (C=O) groups excluding carboxylic acids is 2. The van der Waals surface area contributed by atoms with Crippen LogP contribution in [-0.2, 0) is 14.3 Å². The average Bonchev–Trinajstić information content (AvgIpc) is 2.32. The molecular formula is C10H14O3. The van der Waals surface area contributed by atoms with Gasteiger partial charge in [-0.1, -0.05) is 13.8 Å². The van der Waals surface area contributed by atoms with Crippen LogP contribution in [0.5, 0.6) is 0 Å². The van der Waals surface area contributed by atoms with Crippen LogP contribution in [0.25, 0.3) is 0 Å². The van der Waals surface area contributed by atoms with Gasteiger partial charge in [0.15, 0.2) is 0 Å². The summed E-state index contributed by atoms with van der Waals surface area (Å²) in [4.78, 5) is 21.7. The zero-order valence-corrected chi connectivity index (χ0v) is 8.16. The first-order valence-electron chi connectivity index (χ1n) is 4.30. The molecule has 1 aliphatic rings. The van der Waals surface area contributed by atoms with Crippen LogP contribution in [0.3, 0.4) is 0 Å². The molecule has 0 aromatic carbocycles. The van der Waals surface area contributed by atoms with Crippen molar-refractivity contribution in [2.24, 2.45) is 5.41 Å². The molecule has 0 aliphatic carbocycles. The Morgan fingerprint density at radius 1 is 1.62 bits per heavy atom. The van der Waals surface area contributed by atoms with Gasteiger partial charge in [0.2, 0.25) is 0 Å². The Hall–Kier alpha value is -1.12. The molecular weight excluding hydrogens is 168 g/mol. The van der Waals surface area contributed by atoms with Crippen molar-refractivity contribution in [1.29, 1.82) is 0 Å². The van der Waals surface area contributed by atoms with Crippen molar-refractivity contribution in [2.75, 3.05) is 0 Å². The van der Waals surface area contributed by atoms with E-state index >= 15 is 0 Å². The standard InChI is InChI=1S/C10H14O3/c1-7(11)6-10(2,3)8-4-5-9(12)13-8/h4-5,8H,6H2,1-3H3. The van der Waals surface area contributed by atoms with Crippen LogP contribution in [0.4, 0.5) is 0 Å². The molecule has 1 aliphatic heterocycles. The smallest absolute Gasteiger partial charge is 0.331 e. The van der Waals surface area contributed by atoms with Crippen LogP contribution in [0.2, 0.25) is 0 Å². The second-order valence-electron chi connectivity index (χ2n) is 4.08. The molecule has 0 aromatic rings. The van der Waals surface area contributed by atoms with E-state index in [1.54, 1.807) is 13.0 Å². The molecule has 3 nitrogen and oxygen atoms in total. The minimum absolute atomic E-state index is 0.112. The van der Waals surface area contributed by atoms with Crippen molar-refractivity contribution in [3.05, 3.63) is 12.2 Å². The fourth-order valence-electron chi connectivity index (χ4n) is 1.53. The highest BCUT2D eigenvalue weighted by molar-refractivity contribution is 5.84. The predicted molar refractivity (Wildman–Crippen MR) is 48.1 cm³/mol. The Bertz CT molecular complexity index is 263. The molecule has 1 heterocycles. The van der Waals surface area contributed by atoms with E-state index in [9.17, 15) is 9.59 Å². The number of cyclic esters (lactones) is 1. The van der Waals surface area contributed by atoms with E-state index in [1.165, 1.54) is 6.08 Å². The third kappa shape index (κ3) is 2.41. The Balaban J connectivity index is 2.65. The molecule has 0 radical (unpaired) electrons. The zero-order valence-electron chi connectivity index (χ0n) is 8.16. The van der Waals surface area contributed by atoms with E-state index in [1.807, 2.05) is 13.8 Å². The lowest BCUT2D eigenvalue weighted by Gasteiger charge is -2.28. The minimum Gasteiger partial charge on any atom is -0.454 e. The Labute approximate surface area is 77.8 Å². The quantitative estimate of drug-likeness (QED) is 0.621. The maximum Gasteiger partial charge on any atom is 0.331 e. The topological polar surface area (TPSA) is 43.4 Å². The monoisotopic (exact) mass is 182 g/mol. The Morgan fingerprint density at radius 2 is 2.23 bits per heavy atom. The molecule has 0 spiro atoms. The highest BCUT2D eigenvalue weighted by atomic mass is 16.5. The van der Waals surface area contributed by atoms with E-state index < -0.39 is 0 Å². The summed E-state index contributed by atoms with van der Waals surface area (Å²) in [5.41, 5.74) is -0.297. The van der Waals surface area contributed by atoms with Gasteiger partial charge in [-0.15, -0.1) is 0 Å². The first-order valence-corrected chi connectivity index (χ1v) is 4.30. The summed E-state index contributed by atoms with van der Waals surface area (Å²) >= 11 is 0. The highest BCUT2D eigenvalue weighted by Gasteiger charge is 2.34. The molecule has 0 saturated carbocycles. The maximum atomic E-state index is 10.9. The normalized spacial score (nSPS) is 21.8. The molecule has 3 heteroatoms. The lowest BCUT2D eigenvalue weighted by molar-refractivity contribution is -0.144. The van der Waals surface area contributed by atoms with Gasteiger partial charge in [-0.05, 0) is 13.0 Å². The largest absolute Gasteiger partial charge is 0.454 e. The minimum atomic E-state index is -0.318. The molecule has 0 aromatic heterocycles. The number of ketones is 1. The van der Waals surface area contributed by atoms with Gasteiger partial charge in [0, 0.05) is 17.9 Å².